The Labute approximate surface area is 111 Å². The van der Waals surface area contributed by atoms with Gasteiger partial charge in [0.2, 0.25) is 0 Å². The molecule has 0 amide bonds. The van der Waals surface area contributed by atoms with Crippen LogP contribution in [0.25, 0.3) is 0 Å². The Bertz CT molecular complexity index is 450. The van der Waals surface area contributed by atoms with Gasteiger partial charge in [0.25, 0.3) is 0 Å². The number of anilines is 1. The van der Waals surface area contributed by atoms with Gasteiger partial charge in [0, 0.05) is 17.5 Å². The number of carboxylic acid groups (broad SMARTS) is 1. The van der Waals surface area contributed by atoms with Gasteiger partial charge in [0.1, 0.15) is 0 Å². The lowest BCUT2D eigenvalue weighted by Gasteiger charge is -2.36. The standard InChI is InChI=1S/C13H17NO3S/c1-9-8-17-7-6-14(9)10-4-3-5-11(18-2)12(10)13(15)16/h3-5,9H,6-8H2,1-2H3,(H,15,16). The van der Waals surface area contributed by atoms with Crippen molar-refractivity contribution >= 4 is 23.4 Å². The highest BCUT2D eigenvalue weighted by molar-refractivity contribution is 7.98. The van der Waals surface area contributed by atoms with Crippen molar-refractivity contribution in [3.8, 4) is 0 Å². The summed E-state index contributed by atoms with van der Waals surface area (Å²) in [5.74, 6) is -0.867. The van der Waals surface area contributed by atoms with Gasteiger partial charge in [-0.25, -0.2) is 4.79 Å². The molecule has 0 aliphatic carbocycles. The molecule has 98 valence electrons. The van der Waals surface area contributed by atoms with Crippen LogP contribution < -0.4 is 4.90 Å². The number of morpholine rings is 1. The van der Waals surface area contributed by atoms with Gasteiger partial charge in [-0.05, 0) is 25.3 Å². The highest BCUT2D eigenvalue weighted by atomic mass is 32.2. The minimum atomic E-state index is -0.867. The average molecular weight is 267 g/mol. The van der Waals surface area contributed by atoms with Crippen molar-refractivity contribution < 1.29 is 14.6 Å². The summed E-state index contributed by atoms with van der Waals surface area (Å²) < 4.78 is 5.40. The Balaban J connectivity index is 2.45. The molecule has 0 radical (unpaired) electrons. The van der Waals surface area contributed by atoms with E-state index < -0.39 is 5.97 Å². The summed E-state index contributed by atoms with van der Waals surface area (Å²) in [4.78, 5) is 14.4. The van der Waals surface area contributed by atoms with Gasteiger partial charge in [0.05, 0.1) is 24.5 Å². The zero-order chi connectivity index (χ0) is 13.1. The number of nitrogens with zero attached hydrogens (tertiary/aromatic N) is 1. The van der Waals surface area contributed by atoms with Crippen LogP contribution in [0.3, 0.4) is 0 Å². The lowest BCUT2D eigenvalue weighted by molar-refractivity contribution is 0.0691. The molecule has 4 nitrogen and oxygen atoms in total. The first-order valence-electron chi connectivity index (χ1n) is 5.90. The number of ether oxygens (including phenoxy) is 1. The average Bonchev–Trinajstić information content (AvgIpc) is 2.38. The minimum absolute atomic E-state index is 0.203. The molecule has 1 fully saturated rings. The number of carbonyl (C=O) groups is 1. The monoisotopic (exact) mass is 267 g/mol. The van der Waals surface area contributed by atoms with E-state index in [1.807, 2.05) is 24.5 Å². The molecule has 1 heterocycles. The number of carboxylic acids is 1. The van der Waals surface area contributed by atoms with Gasteiger partial charge < -0.3 is 14.7 Å². The van der Waals surface area contributed by atoms with Crippen molar-refractivity contribution in [3.05, 3.63) is 23.8 Å². The Morgan fingerprint density at radius 3 is 2.94 bits per heavy atom. The van der Waals surface area contributed by atoms with Crippen LogP contribution in [0.1, 0.15) is 17.3 Å². The van der Waals surface area contributed by atoms with Crippen LogP contribution in [0.15, 0.2) is 23.1 Å². The number of benzene rings is 1. The summed E-state index contributed by atoms with van der Waals surface area (Å²) in [7, 11) is 0. The molecule has 1 N–H and O–H groups in total. The van der Waals surface area contributed by atoms with E-state index in [0.717, 1.165) is 17.1 Å². The largest absolute Gasteiger partial charge is 0.478 e. The second kappa shape index (κ2) is 5.63. The second-order valence-corrected chi connectivity index (χ2v) is 5.12. The van der Waals surface area contributed by atoms with Crippen molar-refractivity contribution in [1.29, 1.82) is 0 Å². The van der Waals surface area contributed by atoms with Gasteiger partial charge in [-0.15, -0.1) is 11.8 Å². The summed E-state index contributed by atoms with van der Waals surface area (Å²) in [5, 5.41) is 9.42. The molecule has 1 aliphatic heterocycles. The summed E-state index contributed by atoms with van der Waals surface area (Å²) in [6, 6.07) is 5.85. The third kappa shape index (κ3) is 2.47. The molecule has 5 heteroatoms. The maximum atomic E-state index is 11.5. The third-order valence-electron chi connectivity index (χ3n) is 3.12. The number of hydrogen-bond donors (Lipinski definition) is 1. The molecule has 0 saturated carbocycles. The molecule has 1 unspecified atom stereocenters. The van der Waals surface area contributed by atoms with Crippen LogP contribution in [-0.2, 0) is 4.74 Å². The predicted molar refractivity (Wildman–Crippen MR) is 72.8 cm³/mol. The van der Waals surface area contributed by atoms with E-state index >= 15 is 0 Å². The first-order chi connectivity index (χ1) is 8.65. The quantitative estimate of drug-likeness (QED) is 0.852. The Morgan fingerprint density at radius 1 is 1.56 bits per heavy atom. The molecule has 1 aromatic rings. The van der Waals surface area contributed by atoms with E-state index in [0.29, 0.717) is 18.8 Å². The Morgan fingerprint density at radius 2 is 2.33 bits per heavy atom. The van der Waals surface area contributed by atoms with Gasteiger partial charge in [-0.2, -0.15) is 0 Å². The molecule has 0 aromatic heterocycles. The molecular formula is C13H17NO3S. The number of aromatic carboxylic acids is 1. The highest BCUT2D eigenvalue weighted by Crippen LogP contribution is 2.31. The van der Waals surface area contributed by atoms with E-state index in [2.05, 4.69) is 11.8 Å². The Hall–Kier alpha value is -1.20. The molecule has 1 saturated heterocycles. The molecule has 0 bridgehead atoms. The van der Waals surface area contributed by atoms with Crippen LogP contribution in [0.5, 0.6) is 0 Å². The number of rotatable bonds is 3. The smallest absolute Gasteiger partial charge is 0.338 e. The minimum Gasteiger partial charge on any atom is -0.478 e. The summed E-state index contributed by atoms with van der Waals surface area (Å²) in [6.45, 7) is 4.07. The number of thioether (sulfide) groups is 1. The van der Waals surface area contributed by atoms with Crippen LogP contribution in [0, 0.1) is 0 Å². The fourth-order valence-electron chi connectivity index (χ4n) is 2.23. The first kappa shape index (κ1) is 13.2. The van der Waals surface area contributed by atoms with E-state index in [1.165, 1.54) is 11.8 Å². The molecule has 1 aliphatic rings. The fraction of sp³-hybridized carbons (Fsp3) is 0.462. The molecule has 2 rings (SSSR count). The van der Waals surface area contributed by atoms with Gasteiger partial charge in [0.15, 0.2) is 0 Å². The van der Waals surface area contributed by atoms with E-state index in [4.69, 9.17) is 4.74 Å². The van der Waals surface area contributed by atoms with Crippen molar-refractivity contribution in [3.63, 3.8) is 0 Å². The predicted octanol–water partition coefficient (Wildman–Crippen LogP) is 2.33. The topological polar surface area (TPSA) is 49.8 Å². The number of hydrogen-bond acceptors (Lipinski definition) is 4. The van der Waals surface area contributed by atoms with Gasteiger partial charge in [-0.3, -0.25) is 0 Å². The van der Waals surface area contributed by atoms with Crippen molar-refractivity contribution in [1.82, 2.24) is 0 Å². The molecule has 0 spiro atoms. The van der Waals surface area contributed by atoms with Crippen LogP contribution in [0.4, 0.5) is 5.69 Å². The fourth-order valence-corrected chi connectivity index (χ4v) is 2.84. The molecule has 1 aromatic carbocycles. The van der Waals surface area contributed by atoms with Crippen LogP contribution in [-0.4, -0.2) is 43.1 Å². The van der Waals surface area contributed by atoms with Crippen molar-refractivity contribution in [2.75, 3.05) is 30.9 Å². The van der Waals surface area contributed by atoms with E-state index in [1.54, 1.807) is 0 Å². The van der Waals surface area contributed by atoms with Gasteiger partial charge in [-0.1, -0.05) is 6.07 Å². The SMILES string of the molecule is CSc1cccc(N2CCOCC2C)c1C(=O)O. The molecule has 18 heavy (non-hydrogen) atoms. The zero-order valence-corrected chi connectivity index (χ0v) is 11.4. The highest BCUT2D eigenvalue weighted by Gasteiger charge is 2.25. The van der Waals surface area contributed by atoms with Crippen molar-refractivity contribution in [2.45, 2.75) is 17.9 Å². The maximum absolute atomic E-state index is 11.5. The molecular weight excluding hydrogens is 250 g/mol. The third-order valence-corrected chi connectivity index (χ3v) is 3.90. The lowest BCUT2D eigenvalue weighted by Crippen LogP contribution is -2.44. The second-order valence-electron chi connectivity index (χ2n) is 4.28. The normalized spacial score (nSPS) is 19.9. The first-order valence-corrected chi connectivity index (χ1v) is 7.12. The summed E-state index contributed by atoms with van der Waals surface area (Å²) >= 11 is 1.46. The Kier molecular flexibility index (Phi) is 4.14. The zero-order valence-electron chi connectivity index (χ0n) is 10.5. The summed E-state index contributed by atoms with van der Waals surface area (Å²) in [5.41, 5.74) is 1.20. The van der Waals surface area contributed by atoms with Crippen LogP contribution in [0.2, 0.25) is 0 Å². The van der Waals surface area contributed by atoms with Gasteiger partial charge >= 0.3 is 5.97 Å². The maximum Gasteiger partial charge on any atom is 0.338 e. The van der Waals surface area contributed by atoms with Crippen LogP contribution >= 0.6 is 11.8 Å². The summed E-state index contributed by atoms with van der Waals surface area (Å²) in [6.07, 6.45) is 1.90. The van der Waals surface area contributed by atoms with Crippen molar-refractivity contribution in [2.24, 2.45) is 0 Å². The van der Waals surface area contributed by atoms with E-state index in [-0.39, 0.29) is 6.04 Å². The van der Waals surface area contributed by atoms with E-state index in [9.17, 15) is 9.90 Å². The molecule has 1 atom stereocenters. The lowest BCUT2D eigenvalue weighted by atomic mass is 10.1.